The zero-order chi connectivity index (χ0) is 18.7. The van der Waals surface area contributed by atoms with Crippen molar-refractivity contribution in [1.29, 1.82) is 0 Å². The number of carbonyl (C=O) groups is 1. The molecule has 1 aromatic carbocycles. The number of amides is 1. The molecule has 1 saturated heterocycles. The molecule has 0 saturated carbocycles. The maximum absolute atomic E-state index is 12.9. The molecule has 5 heteroatoms. The van der Waals surface area contributed by atoms with Crippen molar-refractivity contribution in [1.82, 2.24) is 9.88 Å². The topological polar surface area (TPSA) is 68.5 Å². The Morgan fingerprint density at radius 2 is 2.08 bits per heavy atom. The van der Waals surface area contributed by atoms with Crippen molar-refractivity contribution >= 4 is 5.91 Å². The Morgan fingerprint density at radius 1 is 1.35 bits per heavy atom. The molecular weight excluding hydrogens is 326 g/mol. The van der Waals surface area contributed by atoms with Gasteiger partial charge >= 0.3 is 0 Å². The van der Waals surface area contributed by atoms with E-state index in [9.17, 15) is 4.79 Å². The number of aryl methyl sites for hydroxylation is 2. The molecule has 2 aromatic rings. The molecule has 2 N–H and O–H groups in total. The summed E-state index contributed by atoms with van der Waals surface area (Å²) in [5.41, 5.74) is 9.47. The van der Waals surface area contributed by atoms with Crippen molar-refractivity contribution in [2.75, 3.05) is 13.1 Å². The lowest BCUT2D eigenvalue weighted by molar-refractivity contribution is 0.0743. The number of nitrogens with two attached hydrogens (primary N) is 1. The highest BCUT2D eigenvalue weighted by Gasteiger charge is 2.32. The van der Waals surface area contributed by atoms with Gasteiger partial charge in [-0.15, -0.1) is 0 Å². The minimum absolute atomic E-state index is 0.0819. The number of hydrogen-bond acceptors (Lipinski definition) is 4. The molecule has 2 atom stereocenters. The van der Waals surface area contributed by atoms with Crippen molar-refractivity contribution in [2.45, 2.75) is 39.8 Å². The Balaban J connectivity index is 1.75. The lowest BCUT2D eigenvalue weighted by atomic mass is 10.0. The predicted molar refractivity (Wildman–Crippen MR) is 102 cm³/mol. The summed E-state index contributed by atoms with van der Waals surface area (Å²) in [5.74, 6) is 1.32. The zero-order valence-electron chi connectivity index (χ0n) is 15.7. The van der Waals surface area contributed by atoms with Gasteiger partial charge in [-0.25, -0.2) is 0 Å². The van der Waals surface area contributed by atoms with Gasteiger partial charge < -0.3 is 15.4 Å². The standard InChI is InChI=1S/C21H27N3O2/c1-14-7-19(21(25)24-12-18(10-22)9-16(24)3)8-15(2)20(14)26-13-17-5-4-6-23-11-17/h4-8,11,16,18H,9-10,12-13,22H2,1-3H3. The number of pyridine rings is 1. The average Bonchev–Trinajstić information content (AvgIpc) is 3.02. The van der Waals surface area contributed by atoms with Gasteiger partial charge in [-0.1, -0.05) is 6.07 Å². The molecule has 1 fully saturated rings. The second-order valence-electron chi connectivity index (χ2n) is 7.23. The van der Waals surface area contributed by atoms with E-state index in [1.54, 1.807) is 12.4 Å². The van der Waals surface area contributed by atoms with Gasteiger partial charge in [0.15, 0.2) is 0 Å². The normalized spacial score (nSPS) is 19.6. The van der Waals surface area contributed by atoms with Crippen LogP contribution in [0.25, 0.3) is 0 Å². The molecule has 1 aromatic heterocycles. The first-order valence-electron chi connectivity index (χ1n) is 9.13. The van der Waals surface area contributed by atoms with Gasteiger partial charge in [-0.2, -0.15) is 0 Å². The van der Waals surface area contributed by atoms with Crippen LogP contribution in [-0.2, 0) is 6.61 Å². The fourth-order valence-corrected chi connectivity index (χ4v) is 3.70. The van der Waals surface area contributed by atoms with E-state index in [0.717, 1.165) is 41.0 Å². The lowest BCUT2D eigenvalue weighted by Crippen LogP contribution is -2.34. The first-order valence-corrected chi connectivity index (χ1v) is 9.13. The Bertz CT molecular complexity index is 753. The number of rotatable bonds is 5. The van der Waals surface area contributed by atoms with Crippen LogP contribution in [0.3, 0.4) is 0 Å². The van der Waals surface area contributed by atoms with E-state index in [1.807, 2.05) is 43.0 Å². The molecule has 5 nitrogen and oxygen atoms in total. The average molecular weight is 353 g/mol. The van der Waals surface area contributed by atoms with Gasteiger partial charge in [0, 0.05) is 36.1 Å². The summed E-state index contributed by atoms with van der Waals surface area (Å²) in [6.45, 7) is 7.90. The van der Waals surface area contributed by atoms with E-state index >= 15 is 0 Å². The summed E-state index contributed by atoms with van der Waals surface area (Å²) >= 11 is 0. The highest BCUT2D eigenvalue weighted by atomic mass is 16.5. The van der Waals surface area contributed by atoms with Gasteiger partial charge in [0.05, 0.1) is 0 Å². The molecule has 1 amide bonds. The molecule has 1 aliphatic heterocycles. The maximum atomic E-state index is 12.9. The van der Waals surface area contributed by atoms with Gasteiger partial charge in [0.2, 0.25) is 0 Å². The van der Waals surface area contributed by atoms with E-state index in [2.05, 4.69) is 11.9 Å². The second kappa shape index (κ2) is 7.87. The fourth-order valence-electron chi connectivity index (χ4n) is 3.70. The molecule has 3 rings (SSSR count). The molecule has 2 heterocycles. The number of benzene rings is 1. The lowest BCUT2D eigenvalue weighted by Gasteiger charge is -2.23. The summed E-state index contributed by atoms with van der Waals surface area (Å²) in [4.78, 5) is 19.0. The second-order valence-corrected chi connectivity index (χ2v) is 7.23. The molecule has 0 spiro atoms. The van der Waals surface area contributed by atoms with Crippen LogP contribution in [0, 0.1) is 19.8 Å². The minimum atomic E-state index is 0.0819. The largest absolute Gasteiger partial charge is 0.488 e. The van der Waals surface area contributed by atoms with Crippen LogP contribution in [0.15, 0.2) is 36.7 Å². The maximum Gasteiger partial charge on any atom is 0.254 e. The first-order chi connectivity index (χ1) is 12.5. The van der Waals surface area contributed by atoms with Crippen molar-refractivity contribution in [2.24, 2.45) is 11.7 Å². The number of nitrogens with zero attached hydrogens (tertiary/aromatic N) is 2. The minimum Gasteiger partial charge on any atom is -0.488 e. The van der Waals surface area contributed by atoms with Crippen LogP contribution in [0.4, 0.5) is 0 Å². The van der Waals surface area contributed by atoms with E-state index in [0.29, 0.717) is 19.1 Å². The Labute approximate surface area is 155 Å². The third-order valence-corrected chi connectivity index (χ3v) is 5.07. The monoisotopic (exact) mass is 353 g/mol. The highest BCUT2D eigenvalue weighted by molar-refractivity contribution is 5.95. The van der Waals surface area contributed by atoms with Crippen LogP contribution in [0.2, 0.25) is 0 Å². The Hall–Kier alpha value is -2.40. The number of likely N-dealkylation sites (tertiary alicyclic amines) is 1. The van der Waals surface area contributed by atoms with E-state index in [4.69, 9.17) is 10.5 Å². The molecule has 0 bridgehead atoms. The van der Waals surface area contributed by atoms with E-state index < -0.39 is 0 Å². The Morgan fingerprint density at radius 3 is 2.65 bits per heavy atom. The van der Waals surface area contributed by atoms with Crippen LogP contribution >= 0.6 is 0 Å². The van der Waals surface area contributed by atoms with E-state index in [-0.39, 0.29) is 11.9 Å². The predicted octanol–water partition coefficient (Wildman–Crippen LogP) is 3.09. The zero-order valence-corrected chi connectivity index (χ0v) is 15.7. The van der Waals surface area contributed by atoms with Gasteiger partial charge in [-0.05, 0) is 69.0 Å². The number of hydrogen-bond donors (Lipinski definition) is 1. The summed E-state index contributed by atoms with van der Waals surface area (Å²) in [6.07, 6.45) is 4.52. The van der Waals surface area contributed by atoms with Gasteiger partial charge in [0.25, 0.3) is 5.91 Å². The van der Waals surface area contributed by atoms with E-state index in [1.165, 1.54) is 0 Å². The SMILES string of the molecule is Cc1cc(C(=O)N2CC(CN)CC2C)cc(C)c1OCc1cccnc1. The summed E-state index contributed by atoms with van der Waals surface area (Å²) in [5, 5.41) is 0. The molecule has 1 aliphatic rings. The van der Waals surface area contributed by atoms with Crippen LogP contribution in [0.5, 0.6) is 5.75 Å². The third-order valence-electron chi connectivity index (χ3n) is 5.07. The number of ether oxygens (including phenoxy) is 1. The van der Waals surface area contributed by atoms with Crippen molar-refractivity contribution in [3.63, 3.8) is 0 Å². The quantitative estimate of drug-likeness (QED) is 0.897. The van der Waals surface area contributed by atoms with Crippen LogP contribution in [0.1, 0.15) is 40.4 Å². The number of aromatic nitrogens is 1. The highest BCUT2D eigenvalue weighted by Crippen LogP contribution is 2.29. The smallest absolute Gasteiger partial charge is 0.254 e. The molecule has 0 radical (unpaired) electrons. The van der Waals surface area contributed by atoms with Crippen molar-refractivity contribution in [3.05, 3.63) is 58.9 Å². The van der Waals surface area contributed by atoms with Crippen molar-refractivity contribution < 1.29 is 9.53 Å². The summed E-state index contributed by atoms with van der Waals surface area (Å²) in [6, 6.07) is 7.97. The molecule has 2 unspecified atom stereocenters. The van der Waals surface area contributed by atoms with Crippen LogP contribution < -0.4 is 10.5 Å². The van der Waals surface area contributed by atoms with Crippen LogP contribution in [-0.4, -0.2) is 34.9 Å². The van der Waals surface area contributed by atoms with Crippen molar-refractivity contribution in [3.8, 4) is 5.75 Å². The molecule has 138 valence electrons. The summed E-state index contributed by atoms with van der Waals surface area (Å²) < 4.78 is 5.99. The molecule has 0 aliphatic carbocycles. The van der Waals surface area contributed by atoms with Gasteiger partial charge in [-0.3, -0.25) is 9.78 Å². The molecular formula is C21H27N3O2. The molecule has 26 heavy (non-hydrogen) atoms. The third kappa shape index (κ3) is 3.88. The van der Waals surface area contributed by atoms with Gasteiger partial charge in [0.1, 0.15) is 12.4 Å². The summed E-state index contributed by atoms with van der Waals surface area (Å²) in [7, 11) is 0. The first kappa shape index (κ1) is 18.4. The fraction of sp³-hybridized carbons (Fsp3) is 0.429. The Kier molecular flexibility index (Phi) is 5.57. The number of carbonyl (C=O) groups excluding carboxylic acids is 1.